The maximum atomic E-state index is 12.3. The minimum atomic E-state index is -0.140. The normalized spacial score (nSPS) is 19.4. The van der Waals surface area contributed by atoms with Crippen LogP contribution >= 0.6 is 22.6 Å². The van der Waals surface area contributed by atoms with E-state index in [9.17, 15) is 4.79 Å². The molecule has 1 aliphatic heterocycles. The van der Waals surface area contributed by atoms with Crippen molar-refractivity contribution in [1.29, 1.82) is 0 Å². The third kappa shape index (κ3) is 3.46. The first-order valence-electron chi connectivity index (χ1n) is 6.33. The summed E-state index contributed by atoms with van der Waals surface area (Å²) in [6.07, 6.45) is 3.64. The molecule has 1 aromatic rings. The highest BCUT2D eigenvalue weighted by Crippen LogP contribution is 2.27. The second-order valence-electron chi connectivity index (χ2n) is 5.33. The Morgan fingerprint density at radius 3 is 2.63 bits per heavy atom. The predicted octanol–water partition coefficient (Wildman–Crippen LogP) is 1.81. The van der Waals surface area contributed by atoms with Crippen molar-refractivity contribution in [2.45, 2.75) is 32.2 Å². The van der Waals surface area contributed by atoms with Gasteiger partial charge < -0.3 is 5.32 Å². The van der Waals surface area contributed by atoms with Crippen LogP contribution in [0.4, 0.5) is 0 Å². The quantitative estimate of drug-likeness (QED) is 0.508. The first-order valence-corrected chi connectivity index (χ1v) is 8.15. The highest BCUT2D eigenvalue weighted by molar-refractivity contribution is 8.67. The molecule has 1 amide bonds. The summed E-state index contributed by atoms with van der Waals surface area (Å²) in [5.74, 6) is -0.0277. The van der Waals surface area contributed by atoms with Crippen LogP contribution in [0.25, 0.3) is 0 Å². The van der Waals surface area contributed by atoms with E-state index in [1.165, 1.54) is 11.0 Å². The molecule has 19 heavy (non-hydrogen) atoms. The number of thiol groups is 1. The van der Waals surface area contributed by atoms with Crippen molar-refractivity contribution in [3.63, 3.8) is 0 Å². The minimum absolute atomic E-state index is 0.0277. The van der Waals surface area contributed by atoms with Crippen molar-refractivity contribution in [2.75, 3.05) is 13.1 Å². The van der Waals surface area contributed by atoms with Gasteiger partial charge in [-0.15, -0.1) is 0 Å². The zero-order valence-corrected chi connectivity index (χ0v) is 13.2. The first kappa shape index (κ1) is 14.7. The van der Waals surface area contributed by atoms with Crippen LogP contribution in [0, 0.1) is 6.92 Å². The largest absolute Gasteiger partial charge is 0.347 e. The van der Waals surface area contributed by atoms with Gasteiger partial charge in [0.1, 0.15) is 0 Å². The van der Waals surface area contributed by atoms with E-state index in [2.05, 4.69) is 33.3 Å². The zero-order valence-electron chi connectivity index (χ0n) is 11.5. The second kappa shape index (κ2) is 5.76. The van der Waals surface area contributed by atoms with Gasteiger partial charge in [0.05, 0.1) is 11.3 Å². The number of hydrogen-bond acceptors (Lipinski definition) is 5. The molecule has 0 aromatic carbocycles. The molecule has 1 aromatic heterocycles. The van der Waals surface area contributed by atoms with Gasteiger partial charge in [0.25, 0.3) is 5.91 Å². The number of aromatic nitrogens is 2. The summed E-state index contributed by atoms with van der Waals surface area (Å²) in [6, 6.07) is 0. The van der Waals surface area contributed by atoms with Gasteiger partial charge in [-0.05, 0) is 37.7 Å². The van der Waals surface area contributed by atoms with Crippen LogP contribution in [0.2, 0.25) is 0 Å². The third-order valence-electron chi connectivity index (χ3n) is 3.61. The van der Waals surface area contributed by atoms with Crippen molar-refractivity contribution < 1.29 is 4.79 Å². The van der Waals surface area contributed by atoms with Gasteiger partial charge in [0, 0.05) is 31.9 Å². The maximum Gasteiger partial charge on any atom is 0.255 e. The number of aryl methyl sites for hydroxylation is 2. The van der Waals surface area contributed by atoms with E-state index in [1.54, 1.807) is 10.9 Å². The molecule has 1 N–H and O–H groups in total. The number of nitrogens with one attached hydrogen (secondary N) is 1. The molecule has 0 bridgehead atoms. The van der Waals surface area contributed by atoms with E-state index < -0.39 is 0 Å². The van der Waals surface area contributed by atoms with Gasteiger partial charge in [0.2, 0.25) is 0 Å². The van der Waals surface area contributed by atoms with Gasteiger partial charge in [-0.1, -0.05) is 11.7 Å². The van der Waals surface area contributed by atoms with Crippen molar-refractivity contribution in [3.8, 4) is 0 Å². The lowest BCUT2D eigenvalue weighted by atomic mass is 9.90. The highest BCUT2D eigenvalue weighted by Gasteiger charge is 2.32. The molecule has 2 heterocycles. The fourth-order valence-electron chi connectivity index (χ4n) is 2.35. The molecule has 0 aliphatic carbocycles. The molecule has 0 unspecified atom stereocenters. The fraction of sp³-hybridized carbons (Fsp3) is 0.667. The van der Waals surface area contributed by atoms with Gasteiger partial charge in [-0.2, -0.15) is 5.10 Å². The molecule has 106 valence electrons. The standard InChI is InChI=1S/C12H20N4OS2/c1-9-10(8-15(3)14-9)11(17)13-12(2)4-6-16(19-18)7-5-12/h8,18H,4-7H2,1-3H3,(H,13,17). The number of hydrogen-bond donors (Lipinski definition) is 2. The SMILES string of the molecule is Cc1nn(C)cc1C(=O)NC1(C)CCN(SS)CC1. The smallest absolute Gasteiger partial charge is 0.255 e. The molecule has 0 atom stereocenters. The summed E-state index contributed by atoms with van der Waals surface area (Å²) >= 11 is 4.21. The highest BCUT2D eigenvalue weighted by atomic mass is 33.1. The van der Waals surface area contributed by atoms with Gasteiger partial charge >= 0.3 is 0 Å². The molecule has 5 nitrogen and oxygen atoms in total. The molecule has 1 aliphatic rings. The van der Waals surface area contributed by atoms with Crippen LogP contribution in [0.5, 0.6) is 0 Å². The lowest BCUT2D eigenvalue weighted by Gasteiger charge is -2.38. The van der Waals surface area contributed by atoms with Crippen molar-refractivity contribution in [1.82, 2.24) is 19.4 Å². The Bertz CT molecular complexity index is 466. The monoisotopic (exact) mass is 300 g/mol. The number of amides is 1. The lowest BCUT2D eigenvalue weighted by molar-refractivity contribution is 0.0873. The van der Waals surface area contributed by atoms with Crippen molar-refractivity contribution in [3.05, 3.63) is 17.5 Å². The van der Waals surface area contributed by atoms with Crippen LogP contribution in [0.3, 0.4) is 0 Å². The predicted molar refractivity (Wildman–Crippen MR) is 81.2 cm³/mol. The second-order valence-corrected chi connectivity index (χ2v) is 6.50. The van der Waals surface area contributed by atoms with Gasteiger partial charge in [-0.25, -0.2) is 4.31 Å². The third-order valence-corrected chi connectivity index (χ3v) is 4.90. The molecule has 7 heteroatoms. The van der Waals surface area contributed by atoms with E-state index in [1.807, 2.05) is 14.0 Å². The van der Waals surface area contributed by atoms with Crippen LogP contribution in [-0.4, -0.2) is 38.6 Å². The van der Waals surface area contributed by atoms with E-state index in [0.29, 0.717) is 5.56 Å². The van der Waals surface area contributed by atoms with Crippen LogP contribution in [0.1, 0.15) is 35.8 Å². The Hall–Kier alpha value is -0.660. The van der Waals surface area contributed by atoms with Gasteiger partial charge in [0.15, 0.2) is 0 Å². The number of rotatable bonds is 3. The van der Waals surface area contributed by atoms with E-state index in [0.717, 1.165) is 31.6 Å². The average Bonchev–Trinajstić information content (AvgIpc) is 2.69. The van der Waals surface area contributed by atoms with Crippen LogP contribution in [-0.2, 0) is 7.05 Å². The number of carbonyl (C=O) groups is 1. The number of carbonyl (C=O) groups excluding carboxylic acids is 1. The van der Waals surface area contributed by atoms with E-state index in [-0.39, 0.29) is 11.4 Å². The minimum Gasteiger partial charge on any atom is -0.347 e. The summed E-state index contributed by atoms with van der Waals surface area (Å²) in [5, 5.41) is 7.36. The van der Waals surface area contributed by atoms with Crippen LogP contribution in [0.15, 0.2) is 6.20 Å². The number of nitrogens with zero attached hydrogens (tertiary/aromatic N) is 3. The Morgan fingerprint density at radius 2 is 2.16 bits per heavy atom. The average molecular weight is 300 g/mol. The Morgan fingerprint density at radius 1 is 1.53 bits per heavy atom. The zero-order chi connectivity index (χ0) is 14.0. The topological polar surface area (TPSA) is 50.2 Å². The first-order chi connectivity index (χ1) is 8.93. The Balaban J connectivity index is 2.01. The van der Waals surface area contributed by atoms with Gasteiger partial charge in [-0.3, -0.25) is 9.48 Å². The summed E-state index contributed by atoms with van der Waals surface area (Å²) in [5.41, 5.74) is 1.29. The van der Waals surface area contributed by atoms with Crippen molar-refractivity contribution >= 4 is 28.5 Å². The summed E-state index contributed by atoms with van der Waals surface area (Å²) in [7, 11) is 3.30. The fourth-order valence-corrected chi connectivity index (χ4v) is 3.19. The van der Waals surface area contributed by atoms with Crippen molar-refractivity contribution in [2.24, 2.45) is 7.05 Å². The Labute approximate surface area is 123 Å². The lowest BCUT2D eigenvalue weighted by Crippen LogP contribution is -2.52. The van der Waals surface area contributed by atoms with Crippen LogP contribution < -0.4 is 5.32 Å². The molecular formula is C12H20N4OS2. The number of piperidine rings is 1. The summed E-state index contributed by atoms with van der Waals surface area (Å²) in [4.78, 5) is 12.3. The summed E-state index contributed by atoms with van der Waals surface area (Å²) < 4.78 is 3.87. The summed E-state index contributed by atoms with van der Waals surface area (Å²) in [6.45, 7) is 5.85. The molecule has 0 spiro atoms. The molecule has 1 fully saturated rings. The molecule has 0 saturated carbocycles. The van der Waals surface area contributed by atoms with E-state index in [4.69, 9.17) is 0 Å². The van der Waals surface area contributed by atoms with E-state index >= 15 is 0 Å². The Kier molecular flexibility index (Phi) is 4.47. The molecule has 1 saturated heterocycles. The molecule has 2 rings (SSSR count). The maximum absolute atomic E-state index is 12.3. The molecular weight excluding hydrogens is 280 g/mol. The molecule has 0 radical (unpaired) electrons.